The molecule has 0 aromatic carbocycles. The number of carbonyl (C=O) groups excluding carboxylic acids is 1. The van der Waals surface area contributed by atoms with Gasteiger partial charge in [0.2, 0.25) is 5.91 Å². The first kappa shape index (κ1) is 15.8. The third-order valence-corrected chi connectivity index (χ3v) is 1.58. The fourth-order valence-electron chi connectivity index (χ4n) is 0.830. The van der Waals surface area contributed by atoms with Crippen LogP contribution < -0.4 is 0 Å². The van der Waals surface area contributed by atoms with Crippen molar-refractivity contribution >= 4 is 5.91 Å². The highest BCUT2D eigenvalue weighted by Crippen LogP contribution is 1.89. The van der Waals surface area contributed by atoms with Crippen LogP contribution in [0.5, 0.6) is 0 Å². The number of rotatable bonds is 6. The number of carbonyl (C=O) groups is 1. The minimum Gasteiger partial charge on any atom is -0.383 e. The summed E-state index contributed by atoms with van der Waals surface area (Å²) in [4.78, 5) is 12.7. The van der Waals surface area contributed by atoms with Gasteiger partial charge >= 0.3 is 0 Å². The van der Waals surface area contributed by atoms with Crippen molar-refractivity contribution < 1.29 is 14.3 Å². The smallest absolute Gasteiger partial charge is 0.219 e. The van der Waals surface area contributed by atoms with Crippen LogP contribution in [0.15, 0.2) is 0 Å². The van der Waals surface area contributed by atoms with Gasteiger partial charge in [-0.15, -0.1) is 0 Å². The average Bonchev–Trinajstić information content (AvgIpc) is 2.20. The van der Waals surface area contributed by atoms with E-state index in [1.807, 2.05) is 13.8 Å². The molecule has 0 aliphatic heterocycles. The Balaban J connectivity index is 0. The SMILES string of the molecule is CC.COCCN(CCOC)C(C)=O. The minimum absolute atomic E-state index is 0.0594. The van der Waals surface area contributed by atoms with Crippen LogP contribution in [-0.4, -0.2) is 51.3 Å². The van der Waals surface area contributed by atoms with Crippen LogP contribution in [-0.2, 0) is 14.3 Å². The molecule has 0 saturated heterocycles. The fourth-order valence-corrected chi connectivity index (χ4v) is 0.830. The maximum absolute atomic E-state index is 11.0. The van der Waals surface area contributed by atoms with E-state index in [2.05, 4.69) is 0 Å². The van der Waals surface area contributed by atoms with Crippen LogP contribution in [0.25, 0.3) is 0 Å². The van der Waals surface area contributed by atoms with Crippen molar-refractivity contribution in [2.45, 2.75) is 20.8 Å². The second-order valence-corrected chi connectivity index (χ2v) is 2.49. The van der Waals surface area contributed by atoms with Crippen molar-refractivity contribution in [3.63, 3.8) is 0 Å². The summed E-state index contributed by atoms with van der Waals surface area (Å²) in [6.07, 6.45) is 0. The Morgan fingerprint density at radius 3 is 1.64 bits per heavy atom. The van der Waals surface area contributed by atoms with E-state index in [1.54, 1.807) is 26.0 Å². The van der Waals surface area contributed by atoms with E-state index in [1.165, 1.54) is 0 Å². The molecule has 0 atom stereocenters. The lowest BCUT2D eigenvalue weighted by atomic mass is 10.4. The predicted molar refractivity (Wildman–Crippen MR) is 57.4 cm³/mol. The van der Waals surface area contributed by atoms with Gasteiger partial charge in [0, 0.05) is 34.2 Å². The number of hydrogen-bond donors (Lipinski definition) is 0. The molecule has 0 radical (unpaired) electrons. The highest BCUT2D eigenvalue weighted by Gasteiger charge is 2.06. The summed E-state index contributed by atoms with van der Waals surface area (Å²) >= 11 is 0. The largest absolute Gasteiger partial charge is 0.383 e. The molecule has 4 nitrogen and oxygen atoms in total. The lowest BCUT2D eigenvalue weighted by Gasteiger charge is -2.19. The summed E-state index contributed by atoms with van der Waals surface area (Å²) in [7, 11) is 3.24. The summed E-state index contributed by atoms with van der Waals surface area (Å²) in [6, 6.07) is 0. The summed E-state index contributed by atoms with van der Waals surface area (Å²) in [6.45, 7) is 7.96. The zero-order valence-electron chi connectivity index (χ0n) is 10.0. The van der Waals surface area contributed by atoms with Gasteiger partial charge in [-0.2, -0.15) is 0 Å². The molecule has 0 saturated carbocycles. The van der Waals surface area contributed by atoms with Crippen LogP contribution in [0.3, 0.4) is 0 Å². The Bertz CT molecular complexity index is 121. The molecule has 0 aliphatic rings. The molecular formula is C10H23NO3. The van der Waals surface area contributed by atoms with Crippen LogP contribution in [0.1, 0.15) is 20.8 Å². The van der Waals surface area contributed by atoms with Gasteiger partial charge in [-0.3, -0.25) is 4.79 Å². The molecule has 0 fully saturated rings. The van der Waals surface area contributed by atoms with E-state index in [4.69, 9.17) is 9.47 Å². The molecule has 14 heavy (non-hydrogen) atoms. The molecule has 4 heteroatoms. The Morgan fingerprint density at radius 1 is 1.07 bits per heavy atom. The van der Waals surface area contributed by atoms with Crippen LogP contribution in [0.2, 0.25) is 0 Å². The zero-order valence-corrected chi connectivity index (χ0v) is 10.0. The molecule has 0 rings (SSSR count). The van der Waals surface area contributed by atoms with E-state index in [-0.39, 0.29) is 5.91 Å². The second-order valence-electron chi connectivity index (χ2n) is 2.49. The van der Waals surface area contributed by atoms with Crippen LogP contribution in [0.4, 0.5) is 0 Å². The van der Waals surface area contributed by atoms with Crippen molar-refractivity contribution in [3.05, 3.63) is 0 Å². The Morgan fingerprint density at radius 2 is 1.43 bits per heavy atom. The maximum atomic E-state index is 11.0. The Kier molecular flexibility index (Phi) is 14.0. The molecular weight excluding hydrogens is 182 g/mol. The van der Waals surface area contributed by atoms with Gasteiger partial charge in [0.05, 0.1) is 13.2 Å². The number of nitrogens with zero attached hydrogens (tertiary/aromatic N) is 1. The standard InChI is InChI=1S/C8H17NO3.C2H6/c1-8(10)9(4-6-11-2)5-7-12-3;1-2/h4-7H2,1-3H3;1-2H3. The highest BCUT2D eigenvalue weighted by molar-refractivity contribution is 5.73. The van der Waals surface area contributed by atoms with Crippen LogP contribution in [0, 0.1) is 0 Å². The van der Waals surface area contributed by atoms with Crippen molar-refractivity contribution in [2.75, 3.05) is 40.5 Å². The molecule has 1 amide bonds. The third kappa shape index (κ3) is 9.48. The lowest BCUT2D eigenvalue weighted by Crippen LogP contribution is -2.34. The molecule has 0 aromatic heterocycles. The molecule has 0 N–H and O–H groups in total. The van der Waals surface area contributed by atoms with E-state index in [0.29, 0.717) is 26.3 Å². The predicted octanol–water partition coefficient (Wildman–Crippen LogP) is 1.15. The monoisotopic (exact) mass is 205 g/mol. The first-order chi connectivity index (χ1) is 6.72. The Labute approximate surface area is 87.2 Å². The third-order valence-electron chi connectivity index (χ3n) is 1.58. The maximum Gasteiger partial charge on any atom is 0.219 e. The van der Waals surface area contributed by atoms with Gasteiger partial charge in [-0.05, 0) is 0 Å². The van der Waals surface area contributed by atoms with Gasteiger partial charge in [0.1, 0.15) is 0 Å². The fraction of sp³-hybridized carbons (Fsp3) is 0.900. The minimum atomic E-state index is 0.0594. The van der Waals surface area contributed by atoms with E-state index in [0.717, 1.165) is 0 Å². The number of amides is 1. The lowest BCUT2D eigenvalue weighted by molar-refractivity contribution is -0.130. The number of methoxy groups -OCH3 is 2. The quantitative estimate of drug-likeness (QED) is 0.653. The molecule has 0 spiro atoms. The average molecular weight is 205 g/mol. The zero-order chi connectivity index (χ0) is 11.4. The number of ether oxygens (including phenoxy) is 2. The molecule has 0 aliphatic carbocycles. The summed E-state index contributed by atoms with van der Waals surface area (Å²) in [5, 5.41) is 0. The van der Waals surface area contributed by atoms with Crippen molar-refractivity contribution in [2.24, 2.45) is 0 Å². The van der Waals surface area contributed by atoms with E-state index >= 15 is 0 Å². The second kappa shape index (κ2) is 12.4. The molecule has 86 valence electrons. The van der Waals surface area contributed by atoms with Crippen molar-refractivity contribution in [3.8, 4) is 0 Å². The van der Waals surface area contributed by atoms with Crippen LogP contribution >= 0.6 is 0 Å². The van der Waals surface area contributed by atoms with Gasteiger partial charge in [-0.1, -0.05) is 13.8 Å². The normalized spacial score (nSPS) is 8.93. The number of hydrogen-bond acceptors (Lipinski definition) is 3. The summed E-state index contributed by atoms with van der Waals surface area (Å²) < 4.78 is 9.74. The molecule has 0 unspecified atom stereocenters. The first-order valence-electron chi connectivity index (χ1n) is 4.95. The van der Waals surface area contributed by atoms with Gasteiger partial charge in [0.25, 0.3) is 0 Å². The molecule has 0 bridgehead atoms. The van der Waals surface area contributed by atoms with Crippen molar-refractivity contribution in [1.29, 1.82) is 0 Å². The summed E-state index contributed by atoms with van der Waals surface area (Å²) in [5.41, 5.74) is 0. The Hall–Kier alpha value is -0.610. The highest BCUT2D eigenvalue weighted by atomic mass is 16.5. The first-order valence-corrected chi connectivity index (χ1v) is 4.95. The van der Waals surface area contributed by atoms with Crippen molar-refractivity contribution in [1.82, 2.24) is 4.90 Å². The van der Waals surface area contributed by atoms with E-state index < -0.39 is 0 Å². The van der Waals surface area contributed by atoms with Gasteiger partial charge in [0.15, 0.2) is 0 Å². The van der Waals surface area contributed by atoms with E-state index in [9.17, 15) is 4.79 Å². The summed E-state index contributed by atoms with van der Waals surface area (Å²) in [5.74, 6) is 0.0594. The van der Waals surface area contributed by atoms with Gasteiger partial charge in [-0.25, -0.2) is 0 Å². The topological polar surface area (TPSA) is 38.8 Å². The molecule has 0 aromatic rings. The molecule has 0 heterocycles. The van der Waals surface area contributed by atoms with Gasteiger partial charge < -0.3 is 14.4 Å².